The molecule has 0 saturated carbocycles. The second-order valence-electron chi connectivity index (χ2n) is 2.99. The van der Waals surface area contributed by atoms with E-state index in [1.165, 1.54) is 12.2 Å². The topological polar surface area (TPSA) is 52.6 Å². The maximum absolute atomic E-state index is 11.0. The minimum absolute atomic E-state index is 0.112. The van der Waals surface area contributed by atoms with Crippen LogP contribution in [-0.4, -0.2) is 25.2 Å². The van der Waals surface area contributed by atoms with Crippen molar-refractivity contribution in [2.24, 2.45) is 0 Å². The Morgan fingerprint density at radius 1 is 1.07 bits per heavy atom. The summed E-state index contributed by atoms with van der Waals surface area (Å²) in [7, 11) is 0. The Balaban J connectivity index is 3.59. The van der Waals surface area contributed by atoms with Gasteiger partial charge in [-0.2, -0.15) is 0 Å². The van der Waals surface area contributed by atoms with Crippen molar-refractivity contribution in [2.45, 2.75) is 33.1 Å². The van der Waals surface area contributed by atoms with Gasteiger partial charge in [-0.05, 0) is 12.8 Å². The van der Waals surface area contributed by atoms with Crippen molar-refractivity contribution in [1.82, 2.24) is 0 Å². The molecule has 0 bridgehead atoms. The summed E-state index contributed by atoms with van der Waals surface area (Å²) in [6.07, 6.45) is 4.41. The van der Waals surface area contributed by atoms with Gasteiger partial charge in [0.25, 0.3) is 0 Å². The van der Waals surface area contributed by atoms with E-state index in [2.05, 4.69) is 0 Å². The molecular weight excluding hydrogens is 196 g/mol. The first-order valence-corrected chi connectivity index (χ1v) is 5.19. The van der Waals surface area contributed by atoms with Crippen LogP contribution in [0.4, 0.5) is 0 Å². The van der Waals surface area contributed by atoms with Gasteiger partial charge in [0.1, 0.15) is 0 Å². The van der Waals surface area contributed by atoms with Crippen LogP contribution >= 0.6 is 0 Å². The predicted octanol–water partition coefficient (Wildman–Crippen LogP) is 1.84. The van der Waals surface area contributed by atoms with Gasteiger partial charge in [-0.1, -0.05) is 19.9 Å². The van der Waals surface area contributed by atoms with Crippen molar-refractivity contribution < 1.29 is 19.1 Å². The van der Waals surface area contributed by atoms with Gasteiger partial charge >= 0.3 is 11.9 Å². The lowest BCUT2D eigenvalue weighted by molar-refractivity contribution is -0.142. The van der Waals surface area contributed by atoms with Crippen LogP contribution in [-0.2, 0) is 19.1 Å². The maximum atomic E-state index is 11.0. The molecule has 0 aliphatic carbocycles. The molecule has 0 aliphatic heterocycles. The lowest BCUT2D eigenvalue weighted by Gasteiger charge is -1.99. The van der Waals surface area contributed by atoms with Crippen molar-refractivity contribution in [3.63, 3.8) is 0 Å². The SMILES string of the molecule is CCCOC(=O)/C=C/CC(=O)OCCC. The third-order valence-electron chi connectivity index (χ3n) is 1.45. The number of carbonyl (C=O) groups is 2. The maximum Gasteiger partial charge on any atom is 0.330 e. The van der Waals surface area contributed by atoms with Gasteiger partial charge in [-0.15, -0.1) is 0 Å². The molecule has 15 heavy (non-hydrogen) atoms. The molecular formula is C11H18O4. The van der Waals surface area contributed by atoms with Gasteiger partial charge < -0.3 is 9.47 Å². The van der Waals surface area contributed by atoms with Gasteiger partial charge in [0.05, 0.1) is 19.6 Å². The van der Waals surface area contributed by atoms with Crippen LogP contribution in [0.3, 0.4) is 0 Å². The zero-order chi connectivity index (χ0) is 11.5. The molecule has 0 fully saturated rings. The molecule has 0 rings (SSSR count). The summed E-state index contributed by atoms with van der Waals surface area (Å²) in [5.41, 5.74) is 0. The summed E-state index contributed by atoms with van der Waals surface area (Å²) < 4.78 is 9.59. The molecule has 0 radical (unpaired) electrons. The highest BCUT2D eigenvalue weighted by Crippen LogP contribution is 1.92. The first kappa shape index (κ1) is 13.7. The summed E-state index contributed by atoms with van der Waals surface area (Å²) in [6, 6.07) is 0. The van der Waals surface area contributed by atoms with E-state index in [4.69, 9.17) is 9.47 Å². The molecule has 0 aromatic rings. The van der Waals surface area contributed by atoms with Crippen molar-refractivity contribution >= 4 is 11.9 Å². The van der Waals surface area contributed by atoms with Crippen LogP contribution in [0.5, 0.6) is 0 Å². The fraction of sp³-hybridized carbons (Fsp3) is 0.636. The molecule has 0 spiro atoms. The zero-order valence-electron chi connectivity index (χ0n) is 9.32. The second-order valence-corrected chi connectivity index (χ2v) is 2.99. The van der Waals surface area contributed by atoms with Gasteiger partial charge in [0.15, 0.2) is 0 Å². The standard InChI is InChI=1S/C11H18O4/c1-3-8-14-10(12)6-5-7-11(13)15-9-4-2/h5-6H,3-4,7-9H2,1-2H3/b6-5+. The Hall–Kier alpha value is -1.32. The molecule has 4 heteroatoms. The molecule has 0 heterocycles. The lowest BCUT2D eigenvalue weighted by Crippen LogP contribution is -2.04. The molecule has 0 amide bonds. The average Bonchev–Trinajstić information content (AvgIpc) is 2.23. The number of hydrogen-bond donors (Lipinski definition) is 0. The normalized spacial score (nSPS) is 10.3. The molecule has 0 atom stereocenters. The number of hydrogen-bond acceptors (Lipinski definition) is 4. The first-order valence-electron chi connectivity index (χ1n) is 5.19. The van der Waals surface area contributed by atoms with E-state index in [0.29, 0.717) is 13.2 Å². The van der Waals surface area contributed by atoms with Crippen LogP contribution < -0.4 is 0 Å². The van der Waals surface area contributed by atoms with E-state index in [-0.39, 0.29) is 12.4 Å². The van der Waals surface area contributed by atoms with E-state index in [9.17, 15) is 9.59 Å². The Bertz CT molecular complexity index is 221. The van der Waals surface area contributed by atoms with Crippen LogP contribution in [0.25, 0.3) is 0 Å². The fourth-order valence-electron chi connectivity index (χ4n) is 0.777. The Kier molecular flexibility index (Phi) is 8.43. The predicted molar refractivity (Wildman–Crippen MR) is 56.3 cm³/mol. The smallest absolute Gasteiger partial charge is 0.330 e. The van der Waals surface area contributed by atoms with Gasteiger partial charge in [-0.3, -0.25) is 4.79 Å². The average molecular weight is 214 g/mol. The van der Waals surface area contributed by atoms with E-state index in [0.717, 1.165) is 12.8 Å². The highest BCUT2D eigenvalue weighted by atomic mass is 16.5. The lowest BCUT2D eigenvalue weighted by atomic mass is 10.4. The third kappa shape index (κ3) is 9.00. The van der Waals surface area contributed by atoms with E-state index < -0.39 is 5.97 Å². The third-order valence-corrected chi connectivity index (χ3v) is 1.45. The largest absolute Gasteiger partial charge is 0.465 e. The minimum Gasteiger partial charge on any atom is -0.465 e. The Labute approximate surface area is 90.2 Å². The van der Waals surface area contributed by atoms with Gasteiger partial charge in [-0.25, -0.2) is 4.79 Å². The van der Waals surface area contributed by atoms with E-state index >= 15 is 0 Å². The van der Waals surface area contributed by atoms with Crippen molar-refractivity contribution in [3.8, 4) is 0 Å². The molecule has 0 aromatic carbocycles. The Morgan fingerprint density at radius 3 is 2.27 bits per heavy atom. The fourth-order valence-corrected chi connectivity index (χ4v) is 0.777. The van der Waals surface area contributed by atoms with Crippen molar-refractivity contribution in [3.05, 3.63) is 12.2 Å². The molecule has 4 nitrogen and oxygen atoms in total. The number of rotatable bonds is 7. The van der Waals surface area contributed by atoms with Crippen LogP contribution in [0.1, 0.15) is 33.1 Å². The molecule has 0 unspecified atom stereocenters. The number of esters is 2. The second kappa shape index (κ2) is 9.24. The summed E-state index contributed by atoms with van der Waals surface area (Å²) in [4.78, 5) is 21.9. The number of ether oxygens (including phenoxy) is 2. The van der Waals surface area contributed by atoms with E-state index in [1.807, 2.05) is 13.8 Å². The molecule has 0 aliphatic rings. The first-order chi connectivity index (χ1) is 7.20. The number of carbonyl (C=O) groups excluding carboxylic acids is 2. The van der Waals surface area contributed by atoms with Gasteiger partial charge in [0, 0.05) is 6.08 Å². The quantitative estimate of drug-likeness (QED) is 0.479. The summed E-state index contributed by atoms with van der Waals surface area (Å²) in [5.74, 6) is -0.739. The summed E-state index contributed by atoms with van der Waals surface area (Å²) in [5, 5.41) is 0. The highest BCUT2D eigenvalue weighted by molar-refractivity contribution is 5.83. The van der Waals surface area contributed by atoms with Crippen molar-refractivity contribution in [2.75, 3.05) is 13.2 Å². The van der Waals surface area contributed by atoms with E-state index in [1.54, 1.807) is 0 Å². The highest BCUT2D eigenvalue weighted by Gasteiger charge is 1.99. The minimum atomic E-state index is -0.417. The summed E-state index contributed by atoms with van der Waals surface area (Å²) in [6.45, 7) is 4.67. The Morgan fingerprint density at radius 2 is 1.67 bits per heavy atom. The van der Waals surface area contributed by atoms with Crippen molar-refractivity contribution in [1.29, 1.82) is 0 Å². The molecule has 0 saturated heterocycles. The molecule has 0 N–H and O–H groups in total. The molecule has 86 valence electrons. The zero-order valence-corrected chi connectivity index (χ0v) is 9.32. The van der Waals surface area contributed by atoms with Crippen LogP contribution in [0.15, 0.2) is 12.2 Å². The van der Waals surface area contributed by atoms with Gasteiger partial charge in [0.2, 0.25) is 0 Å². The summed E-state index contributed by atoms with van der Waals surface area (Å²) >= 11 is 0. The van der Waals surface area contributed by atoms with Crippen LogP contribution in [0.2, 0.25) is 0 Å². The monoisotopic (exact) mass is 214 g/mol. The molecule has 0 aromatic heterocycles. The van der Waals surface area contributed by atoms with Crippen LogP contribution in [0, 0.1) is 0 Å².